The molecule has 1 aliphatic carbocycles. The van der Waals surface area contributed by atoms with E-state index in [-0.39, 0.29) is 6.09 Å². The standard InChI is InChI=1S/C13H25NO2/c1-9(2)10-7-11(8-10)14(6)12(15)16-13(3,4)5/h9-11H,7-8H2,1-6H3. The molecule has 0 bridgehead atoms. The normalized spacial score (nSPS) is 25.2. The molecule has 0 saturated heterocycles. The van der Waals surface area contributed by atoms with Gasteiger partial charge in [0.2, 0.25) is 0 Å². The lowest BCUT2D eigenvalue weighted by atomic mass is 9.73. The van der Waals surface area contributed by atoms with Gasteiger partial charge in [0.25, 0.3) is 0 Å². The van der Waals surface area contributed by atoms with Crippen LogP contribution < -0.4 is 0 Å². The van der Waals surface area contributed by atoms with Crippen molar-refractivity contribution in [3.8, 4) is 0 Å². The summed E-state index contributed by atoms with van der Waals surface area (Å²) in [5.74, 6) is 1.50. The zero-order valence-electron chi connectivity index (χ0n) is 11.4. The molecule has 1 aliphatic rings. The van der Waals surface area contributed by atoms with E-state index < -0.39 is 5.60 Å². The second-order valence-corrected chi connectivity index (χ2v) is 6.22. The largest absolute Gasteiger partial charge is 0.444 e. The molecule has 0 unspecified atom stereocenters. The number of carbonyl (C=O) groups excluding carboxylic acids is 1. The van der Waals surface area contributed by atoms with E-state index in [1.807, 2.05) is 27.8 Å². The maximum Gasteiger partial charge on any atom is 0.410 e. The molecule has 0 radical (unpaired) electrons. The van der Waals surface area contributed by atoms with E-state index in [4.69, 9.17) is 4.74 Å². The van der Waals surface area contributed by atoms with Crippen molar-refractivity contribution in [1.29, 1.82) is 0 Å². The van der Waals surface area contributed by atoms with E-state index in [2.05, 4.69) is 13.8 Å². The Kier molecular flexibility index (Phi) is 3.87. The van der Waals surface area contributed by atoms with Gasteiger partial charge in [0.1, 0.15) is 5.60 Å². The third kappa shape index (κ3) is 3.39. The van der Waals surface area contributed by atoms with Crippen molar-refractivity contribution >= 4 is 6.09 Å². The summed E-state index contributed by atoms with van der Waals surface area (Å²) in [6.45, 7) is 10.2. The number of ether oxygens (including phenoxy) is 1. The molecule has 3 nitrogen and oxygen atoms in total. The first-order valence-corrected chi connectivity index (χ1v) is 6.16. The van der Waals surface area contributed by atoms with Crippen LogP contribution in [0.4, 0.5) is 4.79 Å². The average Bonchev–Trinajstić information content (AvgIpc) is 1.96. The highest BCUT2D eigenvalue weighted by molar-refractivity contribution is 5.68. The monoisotopic (exact) mass is 227 g/mol. The van der Waals surface area contributed by atoms with E-state index in [9.17, 15) is 4.79 Å². The molecule has 0 spiro atoms. The van der Waals surface area contributed by atoms with Crippen LogP contribution >= 0.6 is 0 Å². The number of hydrogen-bond donors (Lipinski definition) is 0. The Morgan fingerprint density at radius 1 is 1.31 bits per heavy atom. The lowest BCUT2D eigenvalue weighted by Crippen LogP contribution is -2.48. The number of rotatable bonds is 2. The van der Waals surface area contributed by atoms with Crippen LogP contribution in [0.3, 0.4) is 0 Å². The maximum atomic E-state index is 11.8. The number of carbonyl (C=O) groups is 1. The summed E-state index contributed by atoms with van der Waals surface area (Å²) >= 11 is 0. The first-order chi connectivity index (χ1) is 7.20. The third-order valence-corrected chi connectivity index (χ3v) is 3.32. The minimum absolute atomic E-state index is 0.195. The Labute approximate surface area is 99.1 Å². The SMILES string of the molecule is CC(C)C1CC(N(C)C(=O)OC(C)(C)C)C1. The van der Waals surface area contributed by atoms with Crippen molar-refractivity contribution in [3.05, 3.63) is 0 Å². The predicted molar refractivity (Wildman–Crippen MR) is 65.3 cm³/mol. The summed E-state index contributed by atoms with van der Waals surface area (Å²) in [7, 11) is 1.84. The van der Waals surface area contributed by atoms with E-state index in [1.165, 1.54) is 0 Å². The molecular weight excluding hydrogens is 202 g/mol. The van der Waals surface area contributed by atoms with Crippen molar-refractivity contribution in [2.45, 2.75) is 59.1 Å². The van der Waals surface area contributed by atoms with Crippen LogP contribution in [-0.2, 0) is 4.74 Å². The van der Waals surface area contributed by atoms with Gasteiger partial charge in [-0.15, -0.1) is 0 Å². The van der Waals surface area contributed by atoms with Crippen LogP contribution in [0.15, 0.2) is 0 Å². The summed E-state index contributed by atoms with van der Waals surface area (Å²) in [5, 5.41) is 0. The minimum atomic E-state index is -0.396. The highest BCUT2D eigenvalue weighted by atomic mass is 16.6. The van der Waals surface area contributed by atoms with Crippen LogP contribution in [-0.4, -0.2) is 29.7 Å². The lowest BCUT2D eigenvalue weighted by Gasteiger charge is -2.43. The molecule has 1 rings (SSSR count). The Bertz CT molecular complexity index is 249. The summed E-state index contributed by atoms with van der Waals surface area (Å²) in [6, 6.07) is 0.377. The Balaban J connectivity index is 2.37. The molecule has 1 amide bonds. The molecule has 3 heteroatoms. The van der Waals surface area contributed by atoms with Crippen LogP contribution in [0.1, 0.15) is 47.5 Å². The molecule has 0 aliphatic heterocycles. The maximum absolute atomic E-state index is 11.8. The molecule has 0 N–H and O–H groups in total. The van der Waals surface area contributed by atoms with E-state index in [0.29, 0.717) is 6.04 Å². The smallest absolute Gasteiger partial charge is 0.410 e. The first kappa shape index (κ1) is 13.3. The highest BCUT2D eigenvalue weighted by Crippen LogP contribution is 2.36. The fourth-order valence-corrected chi connectivity index (χ4v) is 1.97. The number of hydrogen-bond acceptors (Lipinski definition) is 2. The number of nitrogens with zero attached hydrogens (tertiary/aromatic N) is 1. The molecule has 0 heterocycles. The Morgan fingerprint density at radius 2 is 1.81 bits per heavy atom. The van der Waals surface area contributed by atoms with Crippen LogP contribution in [0, 0.1) is 11.8 Å². The number of amides is 1. The molecule has 0 aromatic heterocycles. The van der Waals surface area contributed by atoms with Gasteiger partial charge >= 0.3 is 6.09 Å². The van der Waals surface area contributed by atoms with Crippen LogP contribution in [0.25, 0.3) is 0 Å². The van der Waals surface area contributed by atoms with Gasteiger partial charge in [0, 0.05) is 13.1 Å². The van der Waals surface area contributed by atoms with Gasteiger partial charge in [-0.25, -0.2) is 4.79 Å². The van der Waals surface area contributed by atoms with Crippen molar-refractivity contribution in [3.63, 3.8) is 0 Å². The molecule has 0 atom stereocenters. The fraction of sp³-hybridized carbons (Fsp3) is 0.923. The molecule has 16 heavy (non-hydrogen) atoms. The summed E-state index contributed by atoms with van der Waals surface area (Å²) in [4.78, 5) is 13.5. The second-order valence-electron chi connectivity index (χ2n) is 6.22. The fourth-order valence-electron chi connectivity index (χ4n) is 1.97. The molecule has 0 aromatic carbocycles. The van der Waals surface area contributed by atoms with E-state index >= 15 is 0 Å². The van der Waals surface area contributed by atoms with Crippen molar-refractivity contribution < 1.29 is 9.53 Å². The van der Waals surface area contributed by atoms with Gasteiger partial charge in [0.15, 0.2) is 0 Å². The summed E-state index contributed by atoms with van der Waals surface area (Å²) in [5.41, 5.74) is -0.396. The van der Waals surface area contributed by atoms with Gasteiger partial charge in [0.05, 0.1) is 0 Å². The van der Waals surface area contributed by atoms with Gasteiger partial charge in [-0.1, -0.05) is 13.8 Å². The Morgan fingerprint density at radius 3 is 2.19 bits per heavy atom. The third-order valence-electron chi connectivity index (χ3n) is 3.32. The minimum Gasteiger partial charge on any atom is -0.444 e. The second kappa shape index (κ2) is 4.64. The molecule has 0 aromatic rings. The van der Waals surface area contributed by atoms with Crippen molar-refractivity contribution in [2.24, 2.45) is 11.8 Å². The molecule has 1 saturated carbocycles. The highest BCUT2D eigenvalue weighted by Gasteiger charge is 2.36. The van der Waals surface area contributed by atoms with E-state index in [0.717, 1.165) is 24.7 Å². The summed E-state index contributed by atoms with van der Waals surface area (Å²) in [6.07, 6.45) is 2.04. The van der Waals surface area contributed by atoms with E-state index in [1.54, 1.807) is 4.90 Å². The van der Waals surface area contributed by atoms with Crippen LogP contribution in [0.5, 0.6) is 0 Å². The van der Waals surface area contributed by atoms with Gasteiger partial charge in [-0.2, -0.15) is 0 Å². The first-order valence-electron chi connectivity index (χ1n) is 6.16. The molecule has 1 fully saturated rings. The zero-order valence-corrected chi connectivity index (χ0v) is 11.4. The quantitative estimate of drug-likeness (QED) is 0.724. The van der Waals surface area contributed by atoms with Crippen molar-refractivity contribution in [2.75, 3.05) is 7.05 Å². The summed E-state index contributed by atoms with van der Waals surface area (Å²) < 4.78 is 5.34. The topological polar surface area (TPSA) is 29.5 Å². The van der Waals surface area contributed by atoms with Gasteiger partial charge in [-0.3, -0.25) is 0 Å². The lowest BCUT2D eigenvalue weighted by molar-refractivity contribution is 0.00188. The van der Waals surface area contributed by atoms with Crippen molar-refractivity contribution in [1.82, 2.24) is 4.90 Å². The molecule has 94 valence electrons. The van der Waals surface area contributed by atoms with Gasteiger partial charge < -0.3 is 9.64 Å². The average molecular weight is 227 g/mol. The predicted octanol–water partition coefficient (Wildman–Crippen LogP) is 3.29. The van der Waals surface area contributed by atoms with Crippen LogP contribution in [0.2, 0.25) is 0 Å². The molecular formula is C13H25NO2. The Hall–Kier alpha value is -0.730. The zero-order chi connectivity index (χ0) is 12.5. The van der Waals surface area contributed by atoms with Gasteiger partial charge in [-0.05, 0) is 45.4 Å².